The second-order valence-electron chi connectivity index (χ2n) is 5.34. The first-order chi connectivity index (χ1) is 12.2. The molecule has 0 aromatic heterocycles. The first-order valence-electron chi connectivity index (χ1n) is 7.71. The summed E-state index contributed by atoms with van der Waals surface area (Å²) < 4.78 is 32.0. The van der Waals surface area contributed by atoms with Gasteiger partial charge in [-0.25, -0.2) is 8.78 Å². The highest BCUT2D eigenvalue weighted by atomic mass is 19.1. The lowest BCUT2D eigenvalue weighted by Gasteiger charge is -2.06. The van der Waals surface area contributed by atoms with E-state index in [0.29, 0.717) is 6.61 Å². The number of benzene rings is 3. The van der Waals surface area contributed by atoms with Gasteiger partial charge in [0, 0.05) is 6.07 Å². The molecule has 1 N–H and O–H groups in total. The van der Waals surface area contributed by atoms with Crippen molar-refractivity contribution in [2.45, 2.75) is 6.61 Å². The van der Waals surface area contributed by atoms with Crippen molar-refractivity contribution in [1.29, 1.82) is 0 Å². The van der Waals surface area contributed by atoms with Crippen molar-refractivity contribution < 1.29 is 13.5 Å². The summed E-state index contributed by atoms with van der Waals surface area (Å²) in [6.45, 7) is 0.500. The fourth-order valence-corrected chi connectivity index (χ4v) is 2.15. The van der Waals surface area contributed by atoms with Gasteiger partial charge in [0.15, 0.2) is 5.82 Å². The minimum absolute atomic E-state index is 0.112. The van der Waals surface area contributed by atoms with Crippen molar-refractivity contribution in [2.24, 2.45) is 5.10 Å². The van der Waals surface area contributed by atoms with Gasteiger partial charge in [0.1, 0.15) is 18.2 Å². The van der Waals surface area contributed by atoms with Crippen molar-refractivity contribution in [3.05, 3.63) is 95.6 Å². The summed E-state index contributed by atoms with van der Waals surface area (Å²) in [6.07, 6.45) is 1.55. The van der Waals surface area contributed by atoms with Gasteiger partial charge in [-0.3, -0.25) is 5.43 Å². The number of rotatable bonds is 6. The number of halogens is 2. The molecule has 0 spiro atoms. The maximum absolute atomic E-state index is 13.5. The molecule has 0 aliphatic heterocycles. The van der Waals surface area contributed by atoms with Crippen LogP contribution in [-0.2, 0) is 6.61 Å². The van der Waals surface area contributed by atoms with E-state index >= 15 is 0 Å². The summed E-state index contributed by atoms with van der Waals surface area (Å²) in [4.78, 5) is 0. The van der Waals surface area contributed by atoms with Crippen LogP contribution in [0.3, 0.4) is 0 Å². The maximum Gasteiger partial charge on any atom is 0.151 e. The van der Waals surface area contributed by atoms with E-state index in [1.54, 1.807) is 6.21 Å². The van der Waals surface area contributed by atoms with Gasteiger partial charge in [-0.05, 0) is 47.5 Å². The number of anilines is 1. The Morgan fingerprint density at radius 2 is 1.68 bits per heavy atom. The third kappa shape index (κ3) is 4.88. The summed E-state index contributed by atoms with van der Waals surface area (Å²) >= 11 is 0. The fourth-order valence-electron chi connectivity index (χ4n) is 2.15. The molecular formula is C20H16F2N2O. The van der Waals surface area contributed by atoms with Crippen LogP contribution >= 0.6 is 0 Å². The SMILES string of the molecule is Fc1ccc(N/N=C\c2ccc(OCc3ccccc3)cc2)c(F)c1. The number of hydrogen-bond donors (Lipinski definition) is 1. The van der Waals surface area contributed by atoms with Gasteiger partial charge in [-0.15, -0.1) is 0 Å². The van der Waals surface area contributed by atoms with Crippen molar-refractivity contribution >= 4 is 11.9 Å². The van der Waals surface area contributed by atoms with Crippen molar-refractivity contribution in [3.8, 4) is 5.75 Å². The molecule has 3 rings (SSSR count). The third-order valence-corrected chi connectivity index (χ3v) is 3.46. The lowest BCUT2D eigenvalue weighted by molar-refractivity contribution is 0.306. The van der Waals surface area contributed by atoms with E-state index in [-0.39, 0.29) is 5.69 Å². The standard InChI is InChI=1S/C20H16F2N2O/c21-17-8-11-20(19(22)12-17)24-23-13-15-6-9-18(10-7-15)25-14-16-4-2-1-3-5-16/h1-13,24H,14H2/b23-13-. The average molecular weight is 338 g/mol. The third-order valence-electron chi connectivity index (χ3n) is 3.46. The normalized spacial score (nSPS) is 10.8. The molecule has 3 aromatic rings. The Bertz CT molecular complexity index is 849. The number of ether oxygens (including phenoxy) is 1. The molecule has 0 saturated heterocycles. The largest absolute Gasteiger partial charge is 0.489 e. The molecule has 0 bridgehead atoms. The van der Waals surface area contributed by atoms with Crippen LogP contribution in [-0.4, -0.2) is 6.21 Å². The Labute approximate surface area is 144 Å². The highest BCUT2D eigenvalue weighted by Crippen LogP contribution is 2.15. The van der Waals surface area contributed by atoms with Crippen molar-refractivity contribution in [1.82, 2.24) is 0 Å². The van der Waals surface area contributed by atoms with Gasteiger partial charge in [0.05, 0.1) is 11.9 Å². The van der Waals surface area contributed by atoms with Gasteiger partial charge in [-0.1, -0.05) is 30.3 Å². The first-order valence-corrected chi connectivity index (χ1v) is 7.71. The molecule has 0 amide bonds. The van der Waals surface area contributed by atoms with E-state index < -0.39 is 11.6 Å². The molecule has 0 aliphatic rings. The lowest BCUT2D eigenvalue weighted by Crippen LogP contribution is -1.96. The van der Waals surface area contributed by atoms with Gasteiger partial charge in [0.2, 0.25) is 0 Å². The fraction of sp³-hybridized carbons (Fsp3) is 0.0500. The topological polar surface area (TPSA) is 33.6 Å². The Kier molecular flexibility index (Phi) is 5.36. The Hall–Kier alpha value is -3.21. The zero-order chi connectivity index (χ0) is 17.5. The van der Waals surface area contributed by atoms with E-state index in [1.165, 1.54) is 12.1 Å². The highest BCUT2D eigenvalue weighted by molar-refractivity contribution is 5.80. The highest BCUT2D eigenvalue weighted by Gasteiger charge is 2.01. The molecule has 0 heterocycles. The van der Waals surface area contributed by atoms with E-state index in [4.69, 9.17) is 4.74 Å². The smallest absolute Gasteiger partial charge is 0.151 e. The number of hydrazone groups is 1. The predicted octanol–water partition coefficient (Wildman–Crippen LogP) is 4.99. The molecule has 5 heteroatoms. The second kappa shape index (κ2) is 8.06. The van der Waals surface area contributed by atoms with Gasteiger partial charge < -0.3 is 4.74 Å². The molecule has 3 aromatic carbocycles. The Balaban J connectivity index is 1.55. The average Bonchev–Trinajstić information content (AvgIpc) is 2.64. The number of hydrogen-bond acceptors (Lipinski definition) is 3. The minimum atomic E-state index is -0.693. The molecule has 0 unspecified atom stereocenters. The summed E-state index contributed by atoms with van der Waals surface area (Å²) in [6, 6.07) is 20.5. The molecule has 3 nitrogen and oxygen atoms in total. The summed E-state index contributed by atoms with van der Waals surface area (Å²) in [5, 5.41) is 3.95. The summed E-state index contributed by atoms with van der Waals surface area (Å²) in [5.41, 5.74) is 4.58. The van der Waals surface area contributed by atoms with Crippen LogP contribution in [0.15, 0.2) is 77.9 Å². The molecular weight excluding hydrogens is 322 g/mol. The number of nitrogens with one attached hydrogen (secondary N) is 1. The molecule has 0 atom stereocenters. The van der Waals surface area contributed by atoms with E-state index in [2.05, 4.69) is 10.5 Å². The van der Waals surface area contributed by atoms with Crippen LogP contribution in [0.2, 0.25) is 0 Å². The lowest BCUT2D eigenvalue weighted by atomic mass is 10.2. The predicted molar refractivity (Wildman–Crippen MR) is 94.8 cm³/mol. The second-order valence-corrected chi connectivity index (χ2v) is 5.34. The monoisotopic (exact) mass is 338 g/mol. The van der Waals surface area contributed by atoms with Gasteiger partial charge >= 0.3 is 0 Å². The Morgan fingerprint density at radius 3 is 2.40 bits per heavy atom. The van der Waals surface area contributed by atoms with Gasteiger partial charge in [0.25, 0.3) is 0 Å². The first kappa shape index (κ1) is 16.6. The van der Waals surface area contributed by atoms with Crippen LogP contribution in [0.5, 0.6) is 5.75 Å². The summed E-state index contributed by atoms with van der Waals surface area (Å²) in [7, 11) is 0. The van der Waals surface area contributed by atoms with E-state index in [1.807, 2.05) is 54.6 Å². The van der Waals surface area contributed by atoms with Crippen LogP contribution in [0, 0.1) is 11.6 Å². The molecule has 0 saturated carbocycles. The molecule has 25 heavy (non-hydrogen) atoms. The van der Waals surface area contributed by atoms with Gasteiger partial charge in [-0.2, -0.15) is 5.10 Å². The number of nitrogens with zero attached hydrogens (tertiary/aromatic N) is 1. The van der Waals surface area contributed by atoms with Crippen molar-refractivity contribution in [3.63, 3.8) is 0 Å². The molecule has 0 radical (unpaired) electrons. The maximum atomic E-state index is 13.5. The summed E-state index contributed by atoms with van der Waals surface area (Å²) in [5.74, 6) is -0.571. The quantitative estimate of drug-likeness (QED) is 0.507. The van der Waals surface area contributed by atoms with Crippen LogP contribution in [0.1, 0.15) is 11.1 Å². The zero-order valence-corrected chi connectivity index (χ0v) is 13.3. The molecule has 126 valence electrons. The van der Waals surface area contributed by atoms with Crippen LogP contribution in [0.25, 0.3) is 0 Å². The van der Waals surface area contributed by atoms with E-state index in [9.17, 15) is 8.78 Å². The Morgan fingerprint density at radius 1 is 0.920 bits per heavy atom. The van der Waals surface area contributed by atoms with Crippen molar-refractivity contribution in [2.75, 3.05) is 5.43 Å². The zero-order valence-electron chi connectivity index (χ0n) is 13.3. The minimum Gasteiger partial charge on any atom is -0.489 e. The molecule has 0 aliphatic carbocycles. The van der Waals surface area contributed by atoms with Crippen LogP contribution in [0.4, 0.5) is 14.5 Å². The van der Waals surface area contributed by atoms with E-state index in [0.717, 1.165) is 22.9 Å². The molecule has 0 fully saturated rings. The van der Waals surface area contributed by atoms with Crippen LogP contribution < -0.4 is 10.2 Å².